The summed E-state index contributed by atoms with van der Waals surface area (Å²) in [6, 6.07) is 18.2. The van der Waals surface area contributed by atoms with Gasteiger partial charge in [-0.15, -0.1) is 0 Å². The predicted octanol–water partition coefficient (Wildman–Crippen LogP) is 3.69. The van der Waals surface area contributed by atoms with Gasteiger partial charge in [0.15, 0.2) is 0 Å². The molecule has 0 bridgehead atoms. The Labute approximate surface area is 193 Å². The first kappa shape index (κ1) is 23.8. The molecule has 3 aromatic carbocycles. The number of ether oxygens (including phenoxy) is 1. The molecule has 0 saturated carbocycles. The zero-order valence-electron chi connectivity index (χ0n) is 18.5. The second-order valence-electron chi connectivity index (χ2n) is 7.40. The normalized spacial score (nSPS) is 10.9. The zero-order chi connectivity index (χ0) is 24.0. The summed E-state index contributed by atoms with van der Waals surface area (Å²) >= 11 is 0. The van der Waals surface area contributed by atoms with Crippen LogP contribution in [0.25, 0.3) is 0 Å². The van der Waals surface area contributed by atoms with Gasteiger partial charge < -0.3 is 15.4 Å². The zero-order valence-corrected chi connectivity index (χ0v) is 19.3. The molecule has 0 fully saturated rings. The number of carbonyl (C=O) groups is 2. The molecule has 2 amide bonds. The molecule has 33 heavy (non-hydrogen) atoms. The second kappa shape index (κ2) is 10.2. The third kappa shape index (κ3) is 6.33. The Morgan fingerprint density at radius 1 is 0.909 bits per heavy atom. The van der Waals surface area contributed by atoms with Crippen LogP contribution in [0.15, 0.2) is 71.6 Å². The number of aryl methyl sites for hydroxylation is 1. The number of amides is 2. The van der Waals surface area contributed by atoms with Gasteiger partial charge in [0.2, 0.25) is 5.91 Å². The highest BCUT2D eigenvalue weighted by Crippen LogP contribution is 2.27. The maximum Gasteiger partial charge on any atom is 0.265 e. The van der Waals surface area contributed by atoms with E-state index in [2.05, 4.69) is 15.4 Å². The van der Waals surface area contributed by atoms with E-state index in [1.54, 1.807) is 48.5 Å². The van der Waals surface area contributed by atoms with Crippen molar-refractivity contribution in [3.63, 3.8) is 0 Å². The van der Waals surface area contributed by atoms with Crippen LogP contribution in [0.5, 0.6) is 5.75 Å². The minimum Gasteiger partial charge on any atom is -0.495 e. The van der Waals surface area contributed by atoms with Crippen molar-refractivity contribution >= 4 is 33.2 Å². The minimum atomic E-state index is -4.00. The van der Waals surface area contributed by atoms with E-state index in [0.29, 0.717) is 11.4 Å². The number of hydrogen-bond donors (Lipinski definition) is 3. The summed E-state index contributed by atoms with van der Waals surface area (Å²) in [5.74, 6) is -0.478. The van der Waals surface area contributed by atoms with E-state index < -0.39 is 15.9 Å². The summed E-state index contributed by atoms with van der Waals surface area (Å²) in [4.78, 5) is 23.6. The molecule has 0 spiro atoms. The summed E-state index contributed by atoms with van der Waals surface area (Å²) in [6.07, 6.45) is 0. The highest BCUT2D eigenvalue weighted by Gasteiger charge is 2.22. The van der Waals surface area contributed by atoms with Crippen LogP contribution in [-0.2, 0) is 21.4 Å². The first-order valence-corrected chi connectivity index (χ1v) is 11.6. The first-order chi connectivity index (χ1) is 15.7. The summed E-state index contributed by atoms with van der Waals surface area (Å²) in [7, 11) is -2.63. The predicted molar refractivity (Wildman–Crippen MR) is 127 cm³/mol. The molecule has 9 heteroatoms. The number of methoxy groups -OCH3 is 1. The lowest BCUT2D eigenvalue weighted by Crippen LogP contribution is -2.23. The summed E-state index contributed by atoms with van der Waals surface area (Å²) in [6.45, 7) is 3.56. The van der Waals surface area contributed by atoms with Crippen LogP contribution in [0.3, 0.4) is 0 Å². The largest absolute Gasteiger partial charge is 0.495 e. The van der Waals surface area contributed by atoms with Crippen molar-refractivity contribution in [1.82, 2.24) is 5.32 Å². The number of nitrogens with one attached hydrogen (secondary N) is 3. The van der Waals surface area contributed by atoms with Crippen molar-refractivity contribution in [3.8, 4) is 5.75 Å². The van der Waals surface area contributed by atoms with Crippen LogP contribution in [0.4, 0.5) is 11.4 Å². The van der Waals surface area contributed by atoms with E-state index in [9.17, 15) is 18.0 Å². The molecule has 3 N–H and O–H groups in total. The molecule has 3 aromatic rings. The van der Waals surface area contributed by atoms with Crippen molar-refractivity contribution < 1.29 is 22.7 Å². The Kier molecular flexibility index (Phi) is 7.34. The number of anilines is 2. The van der Waals surface area contributed by atoms with Gasteiger partial charge in [-0.25, -0.2) is 8.42 Å². The fourth-order valence-electron chi connectivity index (χ4n) is 3.05. The smallest absolute Gasteiger partial charge is 0.265 e. The fraction of sp³-hybridized carbons (Fsp3) is 0.167. The first-order valence-electron chi connectivity index (χ1n) is 10.1. The van der Waals surface area contributed by atoms with E-state index in [-0.39, 0.29) is 28.7 Å². The van der Waals surface area contributed by atoms with E-state index in [1.165, 1.54) is 32.2 Å². The van der Waals surface area contributed by atoms with E-state index in [4.69, 9.17) is 4.74 Å². The third-order valence-electron chi connectivity index (χ3n) is 4.75. The summed E-state index contributed by atoms with van der Waals surface area (Å²) < 4.78 is 33.7. The van der Waals surface area contributed by atoms with Crippen LogP contribution >= 0.6 is 0 Å². The summed E-state index contributed by atoms with van der Waals surface area (Å²) in [5, 5.41) is 5.44. The molecule has 0 radical (unpaired) electrons. The maximum absolute atomic E-state index is 13.0. The van der Waals surface area contributed by atoms with Crippen molar-refractivity contribution in [2.24, 2.45) is 0 Å². The van der Waals surface area contributed by atoms with Gasteiger partial charge >= 0.3 is 0 Å². The molecule has 8 nitrogen and oxygen atoms in total. The number of sulfonamides is 1. The van der Waals surface area contributed by atoms with Crippen molar-refractivity contribution in [2.75, 3.05) is 17.1 Å². The van der Waals surface area contributed by atoms with Crippen LogP contribution in [0.2, 0.25) is 0 Å². The molecular formula is C24H25N3O5S. The Balaban J connectivity index is 1.75. The molecule has 0 heterocycles. The van der Waals surface area contributed by atoms with Gasteiger partial charge in [0.1, 0.15) is 10.6 Å². The van der Waals surface area contributed by atoms with E-state index in [0.717, 1.165) is 11.1 Å². The van der Waals surface area contributed by atoms with Gasteiger partial charge in [0, 0.05) is 30.4 Å². The van der Waals surface area contributed by atoms with Gasteiger partial charge in [-0.2, -0.15) is 0 Å². The van der Waals surface area contributed by atoms with Gasteiger partial charge in [0.25, 0.3) is 15.9 Å². The molecule has 0 saturated heterocycles. The molecular weight excluding hydrogens is 442 g/mol. The monoisotopic (exact) mass is 467 g/mol. The van der Waals surface area contributed by atoms with Gasteiger partial charge in [-0.3, -0.25) is 14.3 Å². The number of hydrogen-bond acceptors (Lipinski definition) is 5. The SMILES string of the molecule is COc1ccc(C(=O)NCc2ccc(NC(C)=O)cc2)cc1S(=O)(=O)Nc1ccc(C)cc1. The molecule has 0 unspecified atom stereocenters. The Morgan fingerprint density at radius 3 is 2.15 bits per heavy atom. The number of carbonyl (C=O) groups excluding carboxylic acids is 2. The van der Waals surface area contributed by atoms with Crippen LogP contribution in [0, 0.1) is 6.92 Å². The molecule has 0 aliphatic heterocycles. The quantitative estimate of drug-likeness (QED) is 0.468. The Hall–Kier alpha value is -3.85. The van der Waals surface area contributed by atoms with Crippen molar-refractivity contribution in [1.29, 1.82) is 0 Å². The fourth-order valence-corrected chi connectivity index (χ4v) is 4.31. The average molecular weight is 468 g/mol. The third-order valence-corrected chi connectivity index (χ3v) is 6.15. The molecule has 0 aliphatic carbocycles. The average Bonchev–Trinajstić information content (AvgIpc) is 2.79. The standard InChI is InChI=1S/C24H25N3O5S/c1-16-4-9-21(10-5-16)27-33(30,31)23-14-19(8-13-22(23)32-3)24(29)25-15-18-6-11-20(12-7-18)26-17(2)28/h4-14,27H,15H2,1-3H3,(H,25,29)(H,26,28). The second-order valence-corrected chi connectivity index (χ2v) is 9.05. The lowest BCUT2D eigenvalue weighted by atomic mass is 10.1. The number of rotatable bonds is 8. The summed E-state index contributed by atoms with van der Waals surface area (Å²) in [5.41, 5.74) is 3.05. The van der Waals surface area contributed by atoms with E-state index >= 15 is 0 Å². The topological polar surface area (TPSA) is 114 Å². The van der Waals surface area contributed by atoms with Gasteiger partial charge in [-0.05, 0) is 55.0 Å². The molecule has 0 atom stereocenters. The molecule has 172 valence electrons. The number of benzene rings is 3. The van der Waals surface area contributed by atoms with Gasteiger partial charge in [0.05, 0.1) is 7.11 Å². The van der Waals surface area contributed by atoms with Crippen molar-refractivity contribution in [2.45, 2.75) is 25.3 Å². The van der Waals surface area contributed by atoms with E-state index in [1.807, 2.05) is 6.92 Å². The lowest BCUT2D eigenvalue weighted by molar-refractivity contribution is -0.114. The molecule has 0 aliphatic rings. The highest BCUT2D eigenvalue weighted by atomic mass is 32.2. The van der Waals surface area contributed by atoms with Crippen molar-refractivity contribution in [3.05, 3.63) is 83.4 Å². The maximum atomic E-state index is 13.0. The lowest BCUT2D eigenvalue weighted by Gasteiger charge is -2.13. The highest BCUT2D eigenvalue weighted by molar-refractivity contribution is 7.92. The van der Waals surface area contributed by atoms with Crippen LogP contribution in [0.1, 0.15) is 28.4 Å². The van der Waals surface area contributed by atoms with Gasteiger partial charge in [-0.1, -0.05) is 29.8 Å². The van der Waals surface area contributed by atoms with Crippen LogP contribution in [-0.4, -0.2) is 27.3 Å². The Morgan fingerprint density at radius 2 is 1.55 bits per heavy atom. The molecule has 3 rings (SSSR count). The molecule has 0 aromatic heterocycles. The minimum absolute atomic E-state index is 0.125. The Bertz CT molecular complexity index is 1250. The van der Waals surface area contributed by atoms with Crippen LogP contribution < -0.4 is 20.1 Å².